The van der Waals surface area contributed by atoms with E-state index in [2.05, 4.69) is 219 Å². The zero-order valence-corrected chi connectivity index (χ0v) is 35.9. The lowest BCUT2D eigenvalue weighted by Gasteiger charge is -2.26. The zero-order valence-electron chi connectivity index (χ0n) is 33.9. The predicted molar refractivity (Wildman–Crippen MR) is 254 cm³/mol. The van der Waals surface area contributed by atoms with Gasteiger partial charge in [0.1, 0.15) is 22.3 Å². The molecule has 10 aromatic rings. The van der Waals surface area contributed by atoms with Crippen molar-refractivity contribution in [2.75, 3.05) is 9.80 Å². The van der Waals surface area contributed by atoms with Gasteiger partial charge in [-0.1, -0.05) is 110 Å². The van der Waals surface area contributed by atoms with Crippen LogP contribution in [0.25, 0.3) is 54.6 Å². The Morgan fingerprint density at radius 1 is 0.310 bits per heavy atom. The van der Waals surface area contributed by atoms with Crippen LogP contribution in [-0.2, 0) is 0 Å². The van der Waals surface area contributed by atoms with Gasteiger partial charge in [-0.05, 0) is 120 Å². The fourth-order valence-corrected chi connectivity index (χ4v) is 10.7. The predicted octanol–water partition coefficient (Wildman–Crippen LogP) is 14.7. The summed E-state index contributed by atoms with van der Waals surface area (Å²) in [5.74, 6) is 0. The quantitative estimate of drug-likeness (QED) is 0.144. The standard InChI is InChI=1S/C52H46N2O2Si2/c1-57(2,3)43-23-17-39(18-24-43)53(37-13-9-7-10-14-37)41-21-27-49-47(33-41)45-29-35-30-46-48-34-42(22-28-50(48)56-52(46)32-36(35)31-51(45)55-49)54(38-15-11-8-12-16-38)40-19-25-44(26-20-40)58(4,5)6/h7-34H,1-6H3. The number of hydrogen-bond acceptors (Lipinski definition) is 4. The summed E-state index contributed by atoms with van der Waals surface area (Å²) >= 11 is 0. The summed E-state index contributed by atoms with van der Waals surface area (Å²) in [4.78, 5) is 4.68. The van der Waals surface area contributed by atoms with Crippen LogP contribution in [-0.4, -0.2) is 16.1 Å². The molecule has 0 radical (unpaired) electrons. The van der Waals surface area contributed by atoms with Crippen molar-refractivity contribution in [2.24, 2.45) is 0 Å². The topological polar surface area (TPSA) is 32.8 Å². The molecule has 0 aliphatic carbocycles. The molecule has 4 nitrogen and oxygen atoms in total. The van der Waals surface area contributed by atoms with E-state index in [1.807, 2.05) is 0 Å². The van der Waals surface area contributed by atoms with Crippen molar-refractivity contribution in [3.63, 3.8) is 0 Å². The Balaban J connectivity index is 1.09. The number of nitrogens with zero attached hydrogens (tertiary/aromatic N) is 2. The van der Waals surface area contributed by atoms with E-state index in [9.17, 15) is 0 Å². The third-order valence-corrected chi connectivity index (χ3v) is 15.6. The SMILES string of the molecule is C[Si](C)(C)c1ccc(N(c2ccccc2)c2ccc3oc4cc5cc6oc7ccc(N(c8ccccc8)c8ccc([Si](C)(C)C)cc8)cc7c6cc5cc4c3c2)cc1. The van der Waals surface area contributed by atoms with Crippen LogP contribution in [0, 0.1) is 0 Å². The van der Waals surface area contributed by atoms with Gasteiger partial charge in [0.05, 0.1) is 16.1 Å². The van der Waals surface area contributed by atoms with Crippen LogP contribution in [0.4, 0.5) is 34.1 Å². The molecule has 10 rings (SSSR count). The Bertz CT molecular complexity index is 2910. The molecule has 0 saturated heterocycles. The molecule has 0 amide bonds. The molecule has 0 spiro atoms. The Morgan fingerprint density at radius 3 is 1.02 bits per heavy atom. The molecular formula is C52H46N2O2Si2. The molecule has 2 aromatic heterocycles. The van der Waals surface area contributed by atoms with E-state index in [0.717, 1.165) is 88.8 Å². The van der Waals surface area contributed by atoms with Gasteiger partial charge in [-0.15, -0.1) is 0 Å². The highest BCUT2D eigenvalue weighted by Gasteiger charge is 2.21. The van der Waals surface area contributed by atoms with E-state index >= 15 is 0 Å². The van der Waals surface area contributed by atoms with Crippen LogP contribution < -0.4 is 20.2 Å². The maximum atomic E-state index is 6.53. The molecule has 0 unspecified atom stereocenters. The van der Waals surface area contributed by atoms with Gasteiger partial charge in [-0.25, -0.2) is 0 Å². The van der Waals surface area contributed by atoms with Crippen molar-refractivity contribution in [3.8, 4) is 0 Å². The van der Waals surface area contributed by atoms with E-state index in [-0.39, 0.29) is 0 Å². The van der Waals surface area contributed by atoms with Crippen LogP contribution in [0.2, 0.25) is 39.3 Å². The highest BCUT2D eigenvalue weighted by Crippen LogP contribution is 2.42. The average Bonchev–Trinajstić information content (AvgIpc) is 3.76. The van der Waals surface area contributed by atoms with E-state index in [0.29, 0.717) is 0 Å². The number of anilines is 6. The second-order valence-corrected chi connectivity index (χ2v) is 27.7. The van der Waals surface area contributed by atoms with Crippen molar-refractivity contribution < 1.29 is 8.83 Å². The fraction of sp³-hybridized carbons (Fsp3) is 0.115. The van der Waals surface area contributed by atoms with Crippen molar-refractivity contribution in [2.45, 2.75) is 39.3 Å². The summed E-state index contributed by atoms with van der Waals surface area (Å²) in [5.41, 5.74) is 10.1. The summed E-state index contributed by atoms with van der Waals surface area (Å²) in [6.07, 6.45) is 0. The number of benzene rings is 8. The lowest BCUT2D eigenvalue weighted by Crippen LogP contribution is -2.37. The number of furan rings is 2. The highest BCUT2D eigenvalue weighted by molar-refractivity contribution is 6.89. The van der Waals surface area contributed by atoms with E-state index in [1.165, 1.54) is 10.4 Å². The minimum atomic E-state index is -1.44. The number of para-hydroxylation sites is 2. The molecule has 0 atom stereocenters. The van der Waals surface area contributed by atoms with Crippen LogP contribution >= 0.6 is 0 Å². The molecule has 0 fully saturated rings. The van der Waals surface area contributed by atoms with E-state index in [4.69, 9.17) is 8.83 Å². The van der Waals surface area contributed by atoms with Gasteiger partial charge in [0.2, 0.25) is 0 Å². The summed E-state index contributed by atoms with van der Waals surface area (Å²) in [6, 6.07) is 61.5. The monoisotopic (exact) mass is 786 g/mol. The van der Waals surface area contributed by atoms with Gasteiger partial charge in [-0.3, -0.25) is 0 Å². The molecule has 2 heterocycles. The summed E-state index contributed by atoms with van der Waals surface area (Å²) in [7, 11) is -2.88. The van der Waals surface area contributed by atoms with Crippen molar-refractivity contribution in [3.05, 3.63) is 170 Å². The molecule has 6 heteroatoms. The Labute approximate surface area is 341 Å². The Kier molecular flexibility index (Phi) is 8.48. The number of fused-ring (bicyclic) bond motifs is 7. The van der Waals surface area contributed by atoms with Gasteiger partial charge >= 0.3 is 0 Å². The van der Waals surface area contributed by atoms with Crippen molar-refractivity contribution in [1.29, 1.82) is 0 Å². The van der Waals surface area contributed by atoms with Crippen LogP contribution in [0.1, 0.15) is 0 Å². The summed E-state index contributed by atoms with van der Waals surface area (Å²) in [5, 5.41) is 9.49. The molecule has 0 aliphatic rings. The van der Waals surface area contributed by atoms with Gasteiger partial charge in [0, 0.05) is 55.7 Å². The van der Waals surface area contributed by atoms with Gasteiger partial charge < -0.3 is 18.6 Å². The number of hydrogen-bond donors (Lipinski definition) is 0. The first-order valence-corrected chi connectivity index (χ1v) is 27.2. The normalized spacial score (nSPS) is 12.3. The third kappa shape index (κ3) is 6.39. The second-order valence-electron chi connectivity index (χ2n) is 17.5. The van der Waals surface area contributed by atoms with E-state index < -0.39 is 16.1 Å². The highest BCUT2D eigenvalue weighted by atomic mass is 28.3. The fourth-order valence-electron chi connectivity index (χ4n) is 8.32. The average molecular weight is 787 g/mol. The molecule has 0 aliphatic heterocycles. The lowest BCUT2D eigenvalue weighted by atomic mass is 10.0. The first kappa shape index (κ1) is 36.0. The maximum Gasteiger partial charge on any atom is 0.136 e. The summed E-state index contributed by atoms with van der Waals surface area (Å²) in [6.45, 7) is 14.4. The van der Waals surface area contributed by atoms with Gasteiger partial charge in [0.15, 0.2) is 0 Å². The van der Waals surface area contributed by atoms with Gasteiger partial charge in [0.25, 0.3) is 0 Å². The molecule has 0 saturated carbocycles. The first-order valence-electron chi connectivity index (χ1n) is 20.2. The van der Waals surface area contributed by atoms with Crippen LogP contribution in [0.15, 0.2) is 179 Å². The first-order chi connectivity index (χ1) is 28.0. The molecule has 0 N–H and O–H groups in total. The second kappa shape index (κ2) is 13.6. The summed E-state index contributed by atoms with van der Waals surface area (Å²) < 4.78 is 13.1. The smallest absolute Gasteiger partial charge is 0.136 e. The third-order valence-electron chi connectivity index (χ3n) is 11.5. The molecule has 58 heavy (non-hydrogen) atoms. The molecule has 284 valence electrons. The largest absolute Gasteiger partial charge is 0.456 e. The van der Waals surface area contributed by atoms with E-state index in [1.54, 1.807) is 0 Å². The Morgan fingerprint density at radius 2 is 0.638 bits per heavy atom. The van der Waals surface area contributed by atoms with Crippen molar-refractivity contribution >= 4 is 115 Å². The molecular weight excluding hydrogens is 741 g/mol. The minimum absolute atomic E-state index is 0.863. The minimum Gasteiger partial charge on any atom is -0.456 e. The van der Waals surface area contributed by atoms with Crippen LogP contribution in [0.5, 0.6) is 0 Å². The number of rotatable bonds is 8. The zero-order chi connectivity index (χ0) is 39.8. The molecule has 0 bridgehead atoms. The van der Waals surface area contributed by atoms with Gasteiger partial charge in [-0.2, -0.15) is 0 Å². The Hall–Kier alpha value is -6.35. The lowest BCUT2D eigenvalue weighted by molar-refractivity contribution is 0.668. The van der Waals surface area contributed by atoms with Crippen molar-refractivity contribution in [1.82, 2.24) is 0 Å². The van der Waals surface area contributed by atoms with Crippen LogP contribution in [0.3, 0.4) is 0 Å². The molecule has 8 aromatic carbocycles. The maximum absolute atomic E-state index is 6.53.